The van der Waals surface area contributed by atoms with Crippen LogP contribution in [0, 0.1) is 0 Å². The predicted octanol–water partition coefficient (Wildman–Crippen LogP) is 3.88. The van der Waals surface area contributed by atoms with Crippen LogP contribution in [0.3, 0.4) is 0 Å². The summed E-state index contributed by atoms with van der Waals surface area (Å²) >= 11 is 0. The lowest BCUT2D eigenvalue weighted by molar-refractivity contribution is 0.135. The molecule has 1 fully saturated rings. The van der Waals surface area contributed by atoms with E-state index in [1.807, 2.05) is 16.9 Å². The van der Waals surface area contributed by atoms with Gasteiger partial charge in [-0.15, -0.1) is 0 Å². The molecule has 2 aromatic heterocycles. The molecular weight excluding hydrogens is 350 g/mol. The molecule has 1 saturated heterocycles. The molecule has 2 aromatic rings. The summed E-state index contributed by atoms with van der Waals surface area (Å²) in [5.74, 6) is 1.78. The molecule has 0 aliphatic carbocycles. The summed E-state index contributed by atoms with van der Waals surface area (Å²) in [5.41, 5.74) is 2.15. The first kappa shape index (κ1) is 19.5. The third-order valence-electron chi connectivity index (χ3n) is 6.00. The average molecular weight is 386 g/mol. The van der Waals surface area contributed by atoms with Crippen LogP contribution in [-0.2, 0) is 5.41 Å². The first-order valence-electron chi connectivity index (χ1n) is 10.4. The molecule has 2 aliphatic rings. The smallest absolute Gasteiger partial charge is 0.180 e. The predicted molar refractivity (Wildman–Crippen MR) is 113 cm³/mol. The van der Waals surface area contributed by atoms with E-state index < -0.39 is 0 Å². The number of ether oxygens (including phenoxy) is 1. The number of hydrogen-bond acceptors (Lipinski definition) is 5. The average Bonchev–Trinajstić information content (AvgIpc) is 3.11. The number of hydrogen-bond donors (Lipinski definition) is 0. The van der Waals surface area contributed by atoms with Crippen molar-refractivity contribution in [2.45, 2.75) is 91.0 Å². The van der Waals surface area contributed by atoms with Gasteiger partial charge in [0.2, 0.25) is 0 Å². The molecular formula is C22H35N5O. The lowest BCUT2D eigenvalue weighted by Crippen LogP contribution is -2.57. The lowest BCUT2D eigenvalue weighted by Gasteiger charge is -2.46. The van der Waals surface area contributed by atoms with Crippen molar-refractivity contribution in [3.8, 4) is 5.75 Å². The molecule has 0 spiro atoms. The van der Waals surface area contributed by atoms with E-state index >= 15 is 0 Å². The standard InChI is InChI=1S/C22H35N5O/c1-20(2,3)14-10-23-26-13-17-19(24-18(14)26)27(22(7,8)9)15-11-25(21(4,5)6)12-16(15)28-17/h10,13,15-16H,11-12H2,1-9H3. The van der Waals surface area contributed by atoms with E-state index in [1.165, 1.54) is 0 Å². The van der Waals surface area contributed by atoms with Gasteiger partial charge in [0.1, 0.15) is 6.10 Å². The van der Waals surface area contributed by atoms with Gasteiger partial charge in [-0.2, -0.15) is 5.10 Å². The molecule has 2 atom stereocenters. The highest BCUT2D eigenvalue weighted by molar-refractivity contribution is 5.64. The Kier molecular flexibility index (Phi) is 4.07. The second kappa shape index (κ2) is 5.85. The molecule has 2 aliphatic heterocycles. The Morgan fingerprint density at radius 3 is 2.21 bits per heavy atom. The third kappa shape index (κ3) is 3.06. The van der Waals surface area contributed by atoms with Gasteiger partial charge in [-0.05, 0) is 47.0 Å². The summed E-state index contributed by atoms with van der Waals surface area (Å²) in [7, 11) is 0. The maximum atomic E-state index is 6.50. The van der Waals surface area contributed by atoms with E-state index in [2.05, 4.69) is 77.2 Å². The summed E-state index contributed by atoms with van der Waals surface area (Å²) < 4.78 is 8.38. The van der Waals surface area contributed by atoms with Gasteiger partial charge >= 0.3 is 0 Å². The van der Waals surface area contributed by atoms with Crippen molar-refractivity contribution < 1.29 is 4.74 Å². The van der Waals surface area contributed by atoms with E-state index in [0.29, 0.717) is 6.04 Å². The van der Waals surface area contributed by atoms with Crippen LogP contribution in [0.25, 0.3) is 5.65 Å². The van der Waals surface area contributed by atoms with Crippen LogP contribution in [0.4, 0.5) is 5.82 Å². The Bertz CT molecular complexity index is 897. The molecule has 6 nitrogen and oxygen atoms in total. The largest absolute Gasteiger partial charge is 0.481 e. The molecule has 28 heavy (non-hydrogen) atoms. The number of fused-ring (bicyclic) bond motifs is 3. The summed E-state index contributed by atoms with van der Waals surface area (Å²) in [6, 6.07) is 0.294. The molecule has 154 valence electrons. The topological polar surface area (TPSA) is 45.9 Å². The zero-order valence-corrected chi connectivity index (χ0v) is 18.9. The van der Waals surface area contributed by atoms with Crippen LogP contribution in [-0.4, -0.2) is 55.8 Å². The normalized spacial score (nSPS) is 23.7. The Morgan fingerprint density at radius 2 is 1.64 bits per heavy atom. The summed E-state index contributed by atoms with van der Waals surface area (Å²) in [6.07, 6.45) is 4.10. The minimum atomic E-state index is -0.0530. The van der Waals surface area contributed by atoms with Crippen molar-refractivity contribution in [3.63, 3.8) is 0 Å². The monoisotopic (exact) mass is 385 g/mol. The number of nitrogens with zero attached hydrogens (tertiary/aromatic N) is 5. The van der Waals surface area contributed by atoms with Crippen LogP contribution in [0.2, 0.25) is 0 Å². The Labute approximate surface area is 168 Å². The number of aromatic nitrogens is 3. The van der Waals surface area contributed by atoms with Crippen molar-refractivity contribution in [1.82, 2.24) is 19.5 Å². The Morgan fingerprint density at radius 1 is 0.964 bits per heavy atom. The SMILES string of the molecule is CC(C)(C)c1cnn2cc3c(nc12)N(C(C)(C)C)C1CN(C(C)(C)C)CC1O3. The van der Waals surface area contributed by atoms with Crippen molar-refractivity contribution in [2.24, 2.45) is 0 Å². The van der Waals surface area contributed by atoms with E-state index in [4.69, 9.17) is 9.72 Å². The summed E-state index contributed by atoms with van der Waals surface area (Å²) in [5, 5.41) is 4.57. The number of rotatable bonds is 0. The quantitative estimate of drug-likeness (QED) is 0.689. The van der Waals surface area contributed by atoms with Crippen LogP contribution >= 0.6 is 0 Å². The second-order valence-electron chi connectivity index (χ2n) is 11.3. The van der Waals surface area contributed by atoms with Crippen molar-refractivity contribution >= 4 is 11.5 Å². The molecule has 0 bridgehead atoms. The van der Waals surface area contributed by atoms with Crippen LogP contribution in [0.15, 0.2) is 12.4 Å². The maximum absolute atomic E-state index is 6.50. The molecule has 0 aromatic carbocycles. The van der Waals surface area contributed by atoms with E-state index in [1.54, 1.807) is 0 Å². The maximum Gasteiger partial charge on any atom is 0.180 e. The third-order valence-corrected chi connectivity index (χ3v) is 6.00. The van der Waals surface area contributed by atoms with Gasteiger partial charge in [-0.3, -0.25) is 4.90 Å². The van der Waals surface area contributed by atoms with Gasteiger partial charge in [0.05, 0.1) is 18.4 Å². The van der Waals surface area contributed by atoms with Crippen molar-refractivity contribution in [1.29, 1.82) is 0 Å². The highest BCUT2D eigenvalue weighted by atomic mass is 16.5. The zero-order chi connectivity index (χ0) is 20.6. The Hall–Kier alpha value is -1.82. The van der Waals surface area contributed by atoms with Gasteiger partial charge in [-0.1, -0.05) is 20.8 Å². The minimum Gasteiger partial charge on any atom is -0.481 e. The molecule has 0 saturated carbocycles. The molecule has 4 rings (SSSR count). The Balaban J connectivity index is 1.85. The van der Waals surface area contributed by atoms with Crippen LogP contribution < -0.4 is 9.64 Å². The summed E-state index contributed by atoms with van der Waals surface area (Å²) in [4.78, 5) is 10.1. The van der Waals surface area contributed by atoms with E-state index in [0.717, 1.165) is 35.9 Å². The van der Waals surface area contributed by atoms with E-state index in [-0.39, 0.29) is 22.6 Å². The highest BCUT2D eigenvalue weighted by Crippen LogP contribution is 2.43. The first-order valence-corrected chi connectivity index (χ1v) is 10.4. The lowest BCUT2D eigenvalue weighted by atomic mass is 9.89. The first-order chi connectivity index (χ1) is 12.8. The highest BCUT2D eigenvalue weighted by Gasteiger charge is 2.49. The molecule has 0 radical (unpaired) electrons. The van der Waals surface area contributed by atoms with Crippen molar-refractivity contribution in [2.75, 3.05) is 18.0 Å². The zero-order valence-electron chi connectivity index (χ0n) is 18.9. The van der Waals surface area contributed by atoms with Crippen molar-refractivity contribution in [3.05, 3.63) is 18.0 Å². The second-order valence-corrected chi connectivity index (χ2v) is 11.3. The molecule has 4 heterocycles. The van der Waals surface area contributed by atoms with Gasteiger partial charge in [0.25, 0.3) is 0 Å². The minimum absolute atomic E-state index is 0.00992. The molecule has 0 amide bonds. The van der Waals surface area contributed by atoms with E-state index in [9.17, 15) is 0 Å². The van der Waals surface area contributed by atoms with Gasteiger partial charge in [0, 0.05) is 29.7 Å². The number of likely N-dealkylation sites (tertiary alicyclic amines) is 1. The molecule has 2 unspecified atom stereocenters. The van der Waals surface area contributed by atoms with Gasteiger partial charge in [-0.25, -0.2) is 9.50 Å². The van der Waals surface area contributed by atoms with Crippen LogP contribution in [0.1, 0.15) is 67.9 Å². The fourth-order valence-electron chi connectivity index (χ4n) is 4.47. The van der Waals surface area contributed by atoms with Crippen LogP contribution in [0.5, 0.6) is 5.75 Å². The fraction of sp³-hybridized carbons (Fsp3) is 0.727. The van der Waals surface area contributed by atoms with Gasteiger partial charge < -0.3 is 9.64 Å². The van der Waals surface area contributed by atoms with Gasteiger partial charge in [0.15, 0.2) is 17.2 Å². The summed E-state index contributed by atoms with van der Waals surface area (Å²) in [6.45, 7) is 22.2. The molecule has 0 N–H and O–H groups in total. The number of anilines is 1. The molecule has 6 heteroatoms. The fourth-order valence-corrected chi connectivity index (χ4v) is 4.47.